The molecule has 7 nitrogen and oxygen atoms in total. The zero-order valence-electron chi connectivity index (χ0n) is 20.8. The van der Waals surface area contributed by atoms with Crippen molar-refractivity contribution in [3.05, 3.63) is 84.1 Å². The largest absolute Gasteiger partial charge is 0.495 e. The molecule has 1 fully saturated rings. The van der Waals surface area contributed by atoms with Crippen LogP contribution in [0.15, 0.2) is 67.1 Å². The summed E-state index contributed by atoms with van der Waals surface area (Å²) < 4.78 is 9.74. The summed E-state index contributed by atoms with van der Waals surface area (Å²) in [6.45, 7) is 4.09. The molecule has 1 aliphatic rings. The van der Waals surface area contributed by atoms with Crippen LogP contribution in [0.2, 0.25) is 0 Å². The van der Waals surface area contributed by atoms with Gasteiger partial charge in [0.25, 0.3) is 0 Å². The zero-order valence-corrected chi connectivity index (χ0v) is 20.8. The number of aliphatic hydroxyl groups is 1. The number of piperidine rings is 1. The summed E-state index contributed by atoms with van der Waals surface area (Å²) in [5.74, 6) is 1.12. The Kier molecular flexibility index (Phi) is 6.91. The fraction of sp³-hybridized carbons (Fsp3) is 0.310. The van der Waals surface area contributed by atoms with E-state index < -0.39 is 0 Å². The number of ether oxygens (including phenoxy) is 1. The third kappa shape index (κ3) is 4.79. The molecule has 0 aliphatic carbocycles. The SMILES string of the molecule is COc1cc(/C=C/C(=O)N2CCC(c3cc4ccccc4n3CCO)CC2)ccc1-n1cnc(C)c1. The van der Waals surface area contributed by atoms with E-state index in [9.17, 15) is 9.90 Å². The lowest BCUT2D eigenvalue weighted by Crippen LogP contribution is -2.37. The predicted octanol–water partition coefficient (Wildman–Crippen LogP) is 4.56. The quantitative estimate of drug-likeness (QED) is 0.391. The number of hydrogen-bond acceptors (Lipinski definition) is 4. The highest BCUT2D eigenvalue weighted by Gasteiger charge is 2.25. The number of carbonyl (C=O) groups is 1. The van der Waals surface area contributed by atoms with E-state index in [0.29, 0.717) is 12.5 Å². The van der Waals surface area contributed by atoms with Gasteiger partial charge in [-0.3, -0.25) is 4.79 Å². The number of fused-ring (bicyclic) bond motifs is 1. The Bertz CT molecular complexity index is 1390. The van der Waals surface area contributed by atoms with Gasteiger partial charge in [0.2, 0.25) is 5.91 Å². The van der Waals surface area contributed by atoms with Crippen LogP contribution in [0.4, 0.5) is 0 Å². The number of rotatable bonds is 7. The smallest absolute Gasteiger partial charge is 0.246 e. The lowest BCUT2D eigenvalue weighted by molar-refractivity contribution is -0.127. The maximum Gasteiger partial charge on any atom is 0.246 e. The van der Waals surface area contributed by atoms with E-state index in [4.69, 9.17) is 4.74 Å². The van der Waals surface area contributed by atoms with Crippen LogP contribution < -0.4 is 4.74 Å². The molecular formula is C29H32N4O3. The highest BCUT2D eigenvalue weighted by atomic mass is 16.5. The van der Waals surface area contributed by atoms with Gasteiger partial charge >= 0.3 is 0 Å². The molecule has 36 heavy (non-hydrogen) atoms. The van der Waals surface area contributed by atoms with Crippen molar-refractivity contribution >= 4 is 22.9 Å². The summed E-state index contributed by atoms with van der Waals surface area (Å²) in [6.07, 6.45) is 9.03. The molecule has 4 aromatic rings. The summed E-state index contributed by atoms with van der Waals surface area (Å²) in [5, 5.41) is 10.8. The first-order valence-corrected chi connectivity index (χ1v) is 12.4. The van der Waals surface area contributed by atoms with E-state index in [0.717, 1.165) is 54.1 Å². The van der Waals surface area contributed by atoms with E-state index in [1.807, 2.05) is 59.0 Å². The van der Waals surface area contributed by atoms with Crippen LogP contribution in [0.5, 0.6) is 5.75 Å². The molecule has 5 rings (SSSR count). The highest BCUT2D eigenvalue weighted by molar-refractivity contribution is 5.92. The number of methoxy groups -OCH3 is 1. The first-order valence-electron chi connectivity index (χ1n) is 12.4. The number of carbonyl (C=O) groups excluding carboxylic acids is 1. The molecule has 3 heterocycles. The van der Waals surface area contributed by atoms with Gasteiger partial charge in [-0.25, -0.2) is 4.98 Å². The molecule has 0 saturated carbocycles. The number of imidazole rings is 1. The van der Waals surface area contributed by atoms with Crippen molar-refractivity contribution in [2.75, 3.05) is 26.8 Å². The summed E-state index contributed by atoms with van der Waals surface area (Å²) in [4.78, 5) is 19.1. The molecule has 0 bridgehead atoms. The van der Waals surface area contributed by atoms with Crippen LogP contribution in [-0.4, -0.2) is 56.8 Å². The molecule has 1 aliphatic heterocycles. The Morgan fingerprint density at radius 3 is 2.69 bits per heavy atom. The molecule has 1 saturated heterocycles. The summed E-state index contributed by atoms with van der Waals surface area (Å²) >= 11 is 0. The first-order chi connectivity index (χ1) is 17.6. The first kappa shape index (κ1) is 23.9. The average molecular weight is 485 g/mol. The number of aromatic nitrogens is 3. The van der Waals surface area contributed by atoms with Crippen molar-refractivity contribution in [1.29, 1.82) is 0 Å². The topological polar surface area (TPSA) is 72.5 Å². The second kappa shape index (κ2) is 10.4. The van der Waals surface area contributed by atoms with Gasteiger partial charge in [-0.05, 0) is 61.1 Å². The van der Waals surface area contributed by atoms with Crippen molar-refractivity contribution in [2.24, 2.45) is 0 Å². The van der Waals surface area contributed by atoms with Gasteiger partial charge in [0.05, 0.1) is 31.4 Å². The third-order valence-electron chi connectivity index (χ3n) is 7.00. The monoisotopic (exact) mass is 484 g/mol. The number of benzene rings is 2. The minimum absolute atomic E-state index is 0.0256. The molecular weight excluding hydrogens is 452 g/mol. The second-order valence-electron chi connectivity index (χ2n) is 9.29. The zero-order chi connectivity index (χ0) is 25.1. The van der Waals surface area contributed by atoms with E-state index in [1.165, 1.54) is 11.1 Å². The van der Waals surface area contributed by atoms with Crippen molar-refractivity contribution in [3.8, 4) is 11.4 Å². The minimum Gasteiger partial charge on any atom is -0.495 e. The maximum atomic E-state index is 12.9. The van der Waals surface area contributed by atoms with Crippen molar-refractivity contribution < 1.29 is 14.6 Å². The van der Waals surface area contributed by atoms with Crippen LogP contribution in [-0.2, 0) is 11.3 Å². The Hall–Kier alpha value is -3.84. The normalized spacial score (nSPS) is 14.7. The van der Waals surface area contributed by atoms with Gasteiger partial charge in [-0.2, -0.15) is 0 Å². The van der Waals surface area contributed by atoms with E-state index in [2.05, 4.69) is 27.8 Å². The Labute approximate surface area is 211 Å². The molecule has 2 aromatic carbocycles. The Morgan fingerprint density at radius 1 is 1.17 bits per heavy atom. The molecule has 1 N–H and O–H groups in total. The van der Waals surface area contributed by atoms with E-state index in [1.54, 1.807) is 19.5 Å². The molecule has 0 spiro atoms. The molecule has 7 heteroatoms. The van der Waals surface area contributed by atoms with Crippen molar-refractivity contribution in [3.63, 3.8) is 0 Å². The van der Waals surface area contributed by atoms with Gasteiger partial charge < -0.3 is 23.9 Å². The van der Waals surface area contributed by atoms with Crippen LogP contribution in [0, 0.1) is 6.92 Å². The molecule has 0 atom stereocenters. The molecule has 186 valence electrons. The van der Waals surface area contributed by atoms with Gasteiger partial charge in [-0.1, -0.05) is 24.3 Å². The van der Waals surface area contributed by atoms with Crippen LogP contribution in [0.25, 0.3) is 22.7 Å². The van der Waals surface area contributed by atoms with Gasteiger partial charge in [0.1, 0.15) is 5.75 Å². The summed E-state index contributed by atoms with van der Waals surface area (Å²) in [5.41, 5.74) is 5.16. The van der Waals surface area contributed by atoms with Crippen LogP contribution >= 0.6 is 0 Å². The fourth-order valence-corrected chi connectivity index (χ4v) is 5.15. The number of aryl methyl sites for hydroxylation is 1. The maximum absolute atomic E-state index is 12.9. The minimum atomic E-state index is 0.0256. The number of para-hydroxylation sites is 1. The molecule has 1 amide bonds. The molecule has 2 aromatic heterocycles. The third-order valence-corrected chi connectivity index (χ3v) is 7.00. The van der Waals surface area contributed by atoms with Gasteiger partial charge in [0.15, 0.2) is 0 Å². The standard InChI is InChI=1S/C29H32N4O3/c1-21-19-32(20-30-21)26-9-7-22(17-28(26)36-2)8-10-29(35)31-13-11-23(12-14-31)27-18-24-5-3-4-6-25(24)33(27)15-16-34/h3-10,17-20,23,34H,11-16H2,1-2H3/b10-8+. The lowest BCUT2D eigenvalue weighted by Gasteiger charge is -2.32. The molecule has 0 unspecified atom stereocenters. The number of nitrogens with zero attached hydrogens (tertiary/aromatic N) is 4. The average Bonchev–Trinajstić information content (AvgIpc) is 3.51. The summed E-state index contributed by atoms with van der Waals surface area (Å²) in [6, 6.07) is 16.4. The van der Waals surface area contributed by atoms with Gasteiger partial charge in [0, 0.05) is 49.0 Å². The number of hydrogen-bond donors (Lipinski definition) is 1. The van der Waals surface area contributed by atoms with Crippen LogP contribution in [0.1, 0.15) is 35.7 Å². The Balaban J connectivity index is 1.25. The number of amides is 1. The highest BCUT2D eigenvalue weighted by Crippen LogP contribution is 2.33. The summed E-state index contributed by atoms with van der Waals surface area (Å²) in [7, 11) is 1.64. The van der Waals surface area contributed by atoms with Crippen molar-refractivity contribution in [1.82, 2.24) is 19.0 Å². The Morgan fingerprint density at radius 2 is 1.97 bits per heavy atom. The van der Waals surface area contributed by atoms with E-state index in [-0.39, 0.29) is 12.5 Å². The lowest BCUT2D eigenvalue weighted by atomic mass is 9.93. The van der Waals surface area contributed by atoms with Crippen molar-refractivity contribution in [2.45, 2.75) is 32.2 Å². The number of aliphatic hydroxyl groups excluding tert-OH is 1. The predicted molar refractivity (Wildman–Crippen MR) is 141 cm³/mol. The van der Waals surface area contributed by atoms with E-state index >= 15 is 0 Å². The van der Waals surface area contributed by atoms with Gasteiger partial charge in [-0.15, -0.1) is 0 Å². The number of likely N-dealkylation sites (tertiary alicyclic amines) is 1. The van der Waals surface area contributed by atoms with Crippen LogP contribution in [0.3, 0.4) is 0 Å². The fourth-order valence-electron chi connectivity index (χ4n) is 5.15. The second-order valence-corrected chi connectivity index (χ2v) is 9.29. The molecule has 0 radical (unpaired) electrons.